The molecule has 4 nitrogen and oxygen atoms in total. The fourth-order valence-electron chi connectivity index (χ4n) is 3.10. The highest BCUT2D eigenvalue weighted by Crippen LogP contribution is 2.22. The summed E-state index contributed by atoms with van der Waals surface area (Å²) in [4.78, 5) is 27.6. The lowest BCUT2D eigenvalue weighted by Gasteiger charge is -2.31. The van der Waals surface area contributed by atoms with Crippen molar-refractivity contribution >= 4 is 35.0 Å². The first kappa shape index (κ1) is 24.2. The molecule has 0 saturated heterocycles. The Labute approximate surface area is 187 Å². The minimum atomic E-state index is -0.687. The molecule has 7 heteroatoms. The molecule has 2 atom stereocenters. The standard InChI is InChI=1S/C23H27Cl2FN2O2/c1-4-15(3)27-23(30)21(5-2)28(14-16-9-11-17(24)12-10-16)22(29)13-18-19(25)7-6-8-20(18)26/h6-12,15,21H,4-5,13-14H2,1-3H3,(H,27,30)/t15-,21-/m0/s1. The van der Waals surface area contributed by atoms with E-state index in [1.165, 1.54) is 17.0 Å². The molecule has 2 aromatic rings. The van der Waals surface area contributed by atoms with Crippen molar-refractivity contribution in [2.45, 2.75) is 58.7 Å². The molecule has 2 aromatic carbocycles. The van der Waals surface area contributed by atoms with E-state index in [4.69, 9.17) is 23.2 Å². The van der Waals surface area contributed by atoms with E-state index in [9.17, 15) is 14.0 Å². The van der Waals surface area contributed by atoms with Crippen LogP contribution in [0.1, 0.15) is 44.7 Å². The number of carbonyl (C=O) groups excluding carboxylic acids is 2. The predicted octanol–water partition coefficient (Wildman–Crippen LogP) is 5.40. The monoisotopic (exact) mass is 452 g/mol. The van der Waals surface area contributed by atoms with Crippen LogP contribution < -0.4 is 5.32 Å². The summed E-state index contributed by atoms with van der Waals surface area (Å²) in [6, 6.07) is 10.7. The van der Waals surface area contributed by atoms with Gasteiger partial charge in [0, 0.05) is 28.2 Å². The summed E-state index contributed by atoms with van der Waals surface area (Å²) in [7, 11) is 0. The zero-order chi connectivity index (χ0) is 22.3. The van der Waals surface area contributed by atoms with E-state index in [1.807, 2.05) is 20.8 Å². The molecule has 0 spiro atoms. The molecule has 0 aliphatic heterocycles. The Morgan fingerprint density at radius 3 is 2.30 bits per heavy atom. The molecule has 2 amide bonds. The third-order valence-corrected chi connectivity index (χ3v) is 5.65. The van der Waals surface area contributed by atoms with Crippen molar-refractivity contribution in [2.24, 2.45) is 0 Å². The molecular formula is C23H27Cl2FN2O2. The summed E-state index contributed by atoms with van der Waals surface area (Å²) in [5.74, 6) is -1.14. The molecule has 0 bridgehead atoms. The van der Waals surface area contributed by atoms with Gasteiger partial charge < -0.3 is 10.2 Å². The number of halogens is 3. The lowest BCUT2D eigenvalue weighted by Crippen LogP contribution is -2.51. The zero-order valence-corrected chi connectivity index (χ0v) is 18.9. The smallest absolute Gasteiger partial charge is 0.243 e. The fraction of sp³-hybridized carbons (Fsp3) is 0.391. The highest BCUT2D eigenvalue weighted by atomic mass is 35.5. The first-order valence-corrected chi connectivity index (χ1v) is 10.8. The molecule has 0 fully saturated rings. The number of amides is 2. The van der Waals surface area contributed by atoms with Crippen LogP contribution in [0.25, 0.3) is 0 Å². The van der Waals surface area contributed by atoms with E-state index >= 15 is 0 Å². The van der Waals surface area contributed by atoms with Crippen molar-refractivity contribution in [3.63, 3.8) is 0 Å². The molecule has 0 radical (unpaired) electrons. The molecule has 0 aliphatic rings. The second-order valence-corrected chi connectivity index (χ2v) is 8.11. The van der Waals surface area contributed by atoms with Crippen molar-refractivity contribution in [2.75, 3.05) is 0 Å². The summed E-state index contributed by atoms with van der Waals surface area (Å²) < 4.78 is 14.3. The van der Waals surface area contributed by atoms with Gasteiger partial charge in [-0.05, 0) is 49.6 Å². The summed E-state index contributed by atoms with van der Waals surface area (Å²) in [6.45, 7) is 5.94. The van der Waals surface area contributed by atoms with Crippen molar-refractivity contribution in [3.05, 3.63) is 69.5 Å². The lowest BCUT2D eigenvalue weighted by molar-refractivity contribution is -0.141. The number of carbonyl (C=O) groups is 2. The fourth-order valence-corrected chi connectivity index (χ4v) is 3.46. The molecule has 0 saturated carbocycles. The van der Waals surface area contributed by atoms with E-state index in [2.05, 4.69) is 5.32 Å². The van der Waals surface area contributed by atoms with Gasteiger partial charge in [0.15, 0.2) is 0 Å². The van der Waals surface area contributed by atoms with Crippen LogP contribution in [0.5, 0.6) is 0 Å². The number of nitrogens with one attached hydrogen (secondary N) is 1. The first-order chi connectivity index (χ1) is 14.3. The van der Waals surface area contributed by atoms with Crippen LogP contribution in [0.3, 0.4) is 0 Å². The van der Waals surface area contributed by atoms with E-state index in [1.54, 1.807) is 30.3 Å². The molecule has 1 N–H and O–H groups in total. The molecule has 0 aromatic heterocycles. The Morgan fingerprint density at radius 2 is 1.73 bits per heavy atom. The van der Waals surface area contributed by atoms with Crippen molar-refractivity contribution in [1.82, 2.24) is 10.2 Å². The first-order valence-electron chi connectivity index (χ1n) is 10.0. The summed E-state index contributed by atoms with van der Waals surface area (Å²) in [6.07, 6.45) is 0.969. The minimum Gasteiger partial charge on any atom is -0.352 e. The van der Waals surface area contributed by atoms with Crippen LogP contribution in [-0.4, -0.2) is 28.8 Å². The highest BCUT2D eigenvalue weighted by molar-refractivity contribution is 6.31. The Bertz CT molecular complexity index is 854. The molecule has 162 valence electrons. The minimum absolute atomic E-state index is 0.0138. The van der Waals surface area contributed by atoms with Gasteiger partial charge in [-0.2, -0.15) is 0 Å². The third-order valence-electron chi connectivity index (χ3n) is 5.04. The van der Waals surface area contributed by atoms with Crippen LogP contribution >= 0.6 is 23.2 Å². The highest BCUT2D eigenvalue weighted by Gasteiger charge is 2.30. The average Bonchev–Trinajstić information content (AvgIpc) is 2.71. The van der Waals surface area contributed by atoms with Gasteiger partial charge >= 0.3 is 0 Å². The number of nitrogens with zero attached hydrogens (tertiary/aromatic N) is 1. The Morgan fingerprint density at radius 1 is 1.07 bits per heavy atom. The quantitative estimate of drug-likeness (QED) is 0.553. The second-order valence-electron chi connectivity index (χ2n) is 7.27. The maximum absolute atomic E-state index is 14.3. The van der Waals surface area contributed by atoms with E-state index < -0.39 is 11.9 Å². The topological polar surface area (TPSA) is 49.4 Å². The average molecular weight is 453 g/mol. The van der Waals surface area contributed by atoms with E-state index in [-0.39, 0.29) is 41.4 Å². The molecule has 2 rings (SSSR count). The number of benzene rings is 2. The van der Waals surface area contributed by atoms with Gasteiger partial charge in [0.25, 0.3) is 0 Å². The van der Waals surface area contributed by atoms with Gasteiger partial charge in [0.1, 0.15) is 11.9 Å². The number of rotatable bonds is 9. The van der Waals surface area contributed by atoms with Gasteiger partial charge in [-0.15, -0.1) is 0 Å². The van der Waals surface area contributed by atoms with Crippen LogP contribution in [0, 0.1) is 5.82 Å². The van der Waals surface area contributed by atoms with Crippen LogP contribution in [0.4, 0.5) is 4.39 Å². The maximum Gasteiger partial charge on any atom is 0.243 e. The molecule has 0 unspecified atom stereocenters. The molecular weight excluding hydrogens is 426 g/mol. The van der Waals surface area contributed by atoms with Gasteiger partial charge in [-0.3, -0.25) is 9.59 Å². The molecule has 0 aliphatic carbocycles. The van der Waals surface area contributed by atoms with Crippen LogP contribution in [0.15, 0.2) is 42.5 Å². The number of hydrogen-bond acceptors (Lipinski definition) is 2. The summed E-state index contributed by atoms with van der Waals surface area (Å²) in [5.41, 5.74) is 0.949. The molecule has 0 heterocycles. The van der Waals surface area contributed by atoms with Gasteiger partial charge in [0.2, 0.25) is 11.8 Å². The van der Waals surface area contributed by atoms with Crippen molar-refractivity contribution < 1.29 is 14.0 Å². The van der Waals surface area contributed by atoms with Gasteiger partial charge in [-0.25, -0.2) is 4.39 Å². The van der Waals surface area contributed by atoms with Crippen LogP contribution in [0.2, 0.25) is 10.0 Å². The van der Waals surface area contributed by atoms with E-state index in [0.717, 1.165) is 12.0 Å². The van der Waals surface area contributed by atoms with Gasteiger partial charge in [0.05, 0.1) is 6.42 Å². The predicted molar refractivity (Wildman–Crippen MR) is 119 cm³/mol. The third kappa shape index (κ3) is 6.44. The largest absolute Gasteiger partial charge is 0.352 e. The van der Waals surface area contributed by atoms with Gasteiger partial charge in [-0.1, -0.05) is 55.2 Å². The molecule has 30 heavy (non-hydrogen) atoms. The Hall–Kier alpha value is -2.11. The lowest BCUT2D eigenvalue weighted by atomic mass is 10.1. The maximum atomic E-state index is 14.3. The Balaban J connectivity index is 2.34. The Kier molecular flexibility index (Phi) is 9.12. The van der Waals surface area contributed by atoms with Crippen LogP contribution in [-0.2, 0) is 22.6 Å². The second kappa shape index (κ2) is 11.3. The normalized spacial score (nSPS) is 12.9. The van der Waals surface area contributed by atoms with E-state index in [0.29, 0.717) is 11.4 Å². The number of hydrogen-bond donors (Lipinski definition) is 1. The summed E-state index contributed by atoms with van der Waals surface area (Å²) in [5, 5.41) is 3.71. The SMILES string of the molecule is CC[C@H](C)NC(=O)[C@H](CC)N(Cc1ccc(Cl)cc1)C(=O)Cc1c(F)cccc1Cl. The zero-order valence-electron chi connectivity index (χ0n) is 17.4. The summed E-state index contributed by atoms with van der Waals surface area (Å²) >= 11 is 12.1. The van der Waals surface area contributed by atoms with Crippen molar-refractivity contribution in [1.29, 1.82) is 0 Å². The van der Waals surface area contributed by atoms with Crippen molar-refractivity contribution in [3.8, 4) is 0 Å².